The number of hydrogen-bond donors (Lipinski definition) is 0. The van der Waals surface area contributed by atoms with E-state index in [0.717, 1.165) is 18.4 Å². The van der Waals surface area contributed by atoms with Crippen LogP contribution in [0.5, 0.6) is 0 Å². The van der Waals surface area contributed by atoms with Gasteiger partial charge in [-0.1, -0.05) is 62.4 Å². The maximum absolute atomic E-state index is 12.5. The van der Waals surface area contributed by atoms with E-state index in [0.29, 0.717) is 17.9 Å². The summed E-state index contributed by atoms with van der Waals surface area (Å²) in [5.41, 5.74) is 0.828. The average Bonchev–Trinajstić information content (AvgIpc) is 2.90. The molecule has 1 heterocycles. The largest absolute Gasteiger partial charge is 0.451 e. The van der Waals surface area contributed by atoms with Gasteiger partial charge in [-0.3, -0.25) is 0 Å². The van der Waals surface area contributed by atoms with E-state index < -0.39 is 5.60 Å². The fourth-order valence-electron chi connectivity index (χ4n) is 4.31. The summed E-state index contributed by atoms with van der Waals surface area (Å²) in [6, 6.07) is 9.64. The third-order valence-electron chi connectivity index (χ3n) is 5.51. The Labute approximate surface area is 144 Å². The number of benzene rings is 1. The molecule has 1 saturated carbocycles. The zero-order chi connectivity index (χ0) is 17.2. The number of carbonyl (C=O) groups is 2. The second-order valence-corrected chi connectivity index (χ2v) is 7.41. The summed E-state index contributed by atoms with van der Waals surface area (Å²) in [6.45, 7) is 3.61. The van der Waals surface area contributed by atoms with Gasteiger partial charge in [-0.25, -0.2) is 4.79 Å². The van der Waals surface area contributed by atoms with Gasteiger partial charge in [0.2, 0.25) is 0 Å². The summed E-state index contributed by atoms with van der Waals surface area (Å²) in [5.74, 6) is 0.421. The second-order valence-electron chi connectivity index (χ2n) is 7.41. The van der Waals surface area contributed by atoms with Crippen LogP contribution in [0.2, 0.25) is 0 Å². The number of hydrogen-bond acceptors (Lipinski definition) is 3. The van der Waals surface area contributed by atoms with Crippen LogP contribution in [0.25, 0.3) is 5.57 Å². The Balaban J connectivity index is 1.92. The van der Waals surface area contributed by atoms with Crippen LogP contribution in [0.1, 0.15) is 57.9 Å². The van der Waals surface area contributed by atoms with Crippen molar-refractivity contribution >= 4 is 17.3 Å². The quantitative estimate of drug-likeness (QED) is 0.745. The van der Waals surface area contributed by atoms with Gasteiger partial charge in [-0.05, 0) is 31.4 Å². The van der Waals surface area contributed by atoms with Crippen molar-refractivity contribution in [3.8, 4) is 0 Å². The molecule has 1 fully saturated rings. The monoisotopic (exact) mass is 326 g/mol. The molecule has 0 amide bonds. The molecule has 2 atom stereocenters. The molecule has 0 aromatic heterocycles. The van der Waals surface area contributed by atoms with Crippen LogP contribution in [0.3, 0.4) is 0 Å². The molecule has 0 saturated heterocycles. The Bertz CT molecular complexity index is 640. The first kappa shape index (κ1) is 16.9. The van der Waals surface area contributed by atoms with Crippen LogP contribution >= 0.6 is 0 Å². The summed E-state index contributed by atoms with van der Waals surface area (Å²) in [4.78, 5) is 24.4. The Kier molecular flexibility index (Phi) is 4.88. The molecule has 1 aliphatic heterocycles. The van der Waals surface area contributed by atoms with Crippen molar-refractivity contribution in [1.29, 1.82) is 0 Å². The molecule has 24 heavy (non-hydrogen) atoms. The molecule has 1 aromatic carbocycles. The van der Waals surface area contributed by atoms with Gasteiger partial charge in [-0.2, -0.15) is 0 Å². The van der Waals surface area contributed by atoms with Crippen molar-refractivity contribution in [1.82, 2.24) is 0 Å². The Morgan fingerprint density at radius 1 is 1.21 bits per heavy atom. The molecule has 0 bridgehead atoms. The first-order valence-corrected chi connectivity index (χ1v) is 9.00. The number of cyclic esters (lactones) is 1. The molecule has 0 unspecified atom stereocenters. The maximum Gasteiger partial charge on any atom is 0.339 e. The maximum atomic E-state index is 12.5. The minimum absolute atomic E-state index is 0.0699. The van der Waals surface area contributed by atoms with Crippen molar-refractivity contribution < 1.29 is 14.3 Å². The zero-order valence-electron chi connectivity index (χ0n) is 14.6. The number of carbonyl (C=O) groups excluding carboxylic acids is 2. The van der Waals surface area contributed by atoms with Crippen LogP contribution in [0, 0.1) is 11.8 Å². The standard InChI is InChI=1S/C21H26O3/c1-15(22)13-19(17-11-7-4-8-12-17)21(2)14-18(20(23)24-21)16-9-5-3-6-10-16/h3,5-6,9-10,14,17,19H,4,7-8,11-13H2,1-2H3/t19-,21-/m0/s1. The number of rotatable bonds is 5. The minimum atomic E-state index is -0.685. The van der Waals surface area contributed by atoms with E-state index in [2.05, 4.69) is 0 Å². The van der Waals surface area contributed by atoms with Crippen LogP contribution in [-0.2, 0) is 14.3 Å². The molecule has 3 rings (SSSR count). The number of esters is 1. The van der Waals surface area contributed by atoms with Crippen molar-refractivity contribution in [2.75, 3.05) is 0 Å². The fourth-order valence-corrected chi connectivity index (χ4v) is 4.31. The molecule has 3 heteroatoms. The first-order chi connectivity index (χ1) is 11.5. The van der Waals surface area contributed by atoms with Gasteiger partial charge in [-0.15, -0.1) is 0 Å². The second kappa shape index (κ2) is 6.92. The molecule has 0 N–H and O–H groups in total. The minimum Gasteiger partial charge on any atom is -0.451 e. The first-order valence-electron chi connectivity index (χ1n) is 9.00. The van der Waals surface area contributed by atoms with Gasteiger partial charge in [0.15, 0.2) is 0 Å². The number of ketones is 1. The highest BCUT2D eigenvalue weighted by molar-refractivity contribution is 6.18. The van der Waals surface area contributed by atoms with Crippen LogP contribution in [0.4, 0.5) is 0 Å². The molecule has 1 aromatic rings. The topological polar surface area (TPSA) is 43.4 Å². The molecule has 128 valence electrons. The van der Waals surface area contributed by atoms with Crippen LogP contribution in [0.15, 0.2) is 36.4 Å². The highest BCUT2D eigenvalue weighted by Crippen LogP contribution is 2.44. The van der Waals surface area contributed by atoms with Crippen molar-refractivity contribution in [3.05, 3.63) is 42.0 Å². The van der Waals surface area contributed by atoms with E-state index in [-0.39, 0.29) is 17.7 Å². The average molecular weight is 326 g/mol. The smallest absolute Gasteiger partial charge is 0.339 e. The predicted octanol–water partition coefficient (Wildman–Crippen LogP) is 4.56. The molecule has 2 aliphatic rings. The molecular weight excluding hydrogens is 300 g/mol. The lowest BCUT2D eigenvalue weighted by molar-refractivity contribution is -0.151. The van der Waals surface area contributed by atoms with E-state index in [9.17, 15) is 9.59 Å². The van der Waals surface area contributed by atoms with Gasteiger partial charge in [0.05, 0.1) is 5.57 Å². The molecule has 3 nitrogen and oxygen atoms in total. The molecular formula is C21H26O3. The fraction of sp³-hybridized carbons (Fsp3) is 0.524. The highest BCUT2D eigenvalue weighted by Gasteiger charge is 2.46. The molecule has 1 aliphatic carbocycles. The summed E-state index contributed by atoms with van der Waals surface area (Å²) < 4.78 is 5.85. The van der Waals surface area contributed by atoms with E-state index >= 15 is 0 Å². The number of Topliss-reactive ketones (excluding diaryl/α,β-unsaturated/α-hetero) is 1. The summed E-state index contributed by atoms with van der Waals surface area (Å²) in [6.07, 6.45) is 8.38. The highest BCUT2D eigenvalue weighted by atomic mass is 16.6. The normalized spacial score (nSPS) is 25.9. The molecule has 0 spiro atoms. The van der Waals surface area contributed by atoms with E-state index in [1.165, 1.54) is 19.3 Å². The van der Waals surface area contributed by atoms with E-state index in [4.69, 9.17) is 4.74 Å². The lowest BCUT2D eigenvalue weighted by Gasteiger charge is -2.38. The third-order valence-corrected chi connectivity index (χ3v) is 5.51. The van der Waals surface area contributed by atoms with Gasteiger partial charge in [0, 0.05) is 12.3 Å². The predicted molar refractivity (Wildman–Crippen MR) is 94.3 cm³/mol. The zero-order valence-corrected chi connectivity index (χ0v) is 14.6. The van der Waals surface area contributed by atoms with Gasteiger partial charge < -0.3 is 9.53 Å². The summed E-state index contributed by atoms with van der Waals surface area (Å²) in [7, 11) is 0. The van der Waals surface area contributed by atoms with Gasteiger partial charge in [0.25, 0.3) is 0 Å². The SMILES string of the molecule is CC(=O)C[C@@H](C1CCCCC1)[C@]1(C)C=C(c2ccccc2)C(=O)O1. The van der Waals surface area contributed by atoms with E-state index in [1.807, 2.05) is 43.3 Å². The van der Waals surface area contributed by atoms with Crippen LogP contribution < -0.4 is 0 Å². The Morgan fingerprint density at radius 3 is 2.50 bits per heavy atom. The molecule has 0 radical (unpaired) electrons. The van der Waals surface area contributed by atoms with Crippen molar-refractivity contribution in [2.24, 2.45) is 11.8 Å². The third kappa shape index (κ3) is 3.45. The Morgan fingerprint density at radius 2 is 1.88 bits per heavy atom. The van der Waals surface area contributed by atoms with E-state index in [1.54, 1.807) is 6.92 Å². The lowest BCUT2D eigenvalue weighted by atomic mass is 9.70. The Hall–Kier alpha value is -1.90. The van der Waals surface area contributed by atoms with Crippen molar-refractivity contribution in [3.63, 3.8) is 0 Å². The number of ether oxygens (including phenoxy) is 1. The summed E-state index contributed by atoms with van der Waals surface area (Å²) in [5, 5.41) is 0. The van der Waals surface area contributed by atoms with Gasteiger partial charge in [0.1, 0.15) is 11.4 Å². The lowest BCUT2D eigenvalue weighted by Crippen LogP contribution is -2.40. The van der Waals surface area contributed by atoms with Gasteiger partial charge >= 0.3 is 5.97 Å². The summed E-state index contributed by atoms with van der Waals surface area (Å²) >= 11 is 0. The van der Waals surface area contributed by atoms with Crippen LogP contribution in [-0.4, -0.2) is 17.4 Å². The van der Waals surface area contributed by atoms with Crippen molar-refractivity contribution in [2.45, 2.75) is 58.0 Å².